The van der Waals surface area contributed by atoms with E-state index in [4.69, 9.17) is 16.3 Å². The molecule has 0 saturated carbocycles. The number of likely N-dealkylation sites (tertiary alicyclic amines) is 1. The molecule has 1 saturated heterocycles. The van der Waals surface area contributed by atoms with Gasteiger partial charge in [0.25, 0.3) is 0 Å². The molecule has 23 heavy (non-hydrogen) atoms. The highest BCUT2D eigenvalue weighted by Crippen LogP contribution is 2.45. The minimum atomic E-state index is -0.0568. The average molecular weight is 332 g/mol. The number of halogens is 1. The molecule has 0 radical (unpaired) electrons. The number of ether oxygens (including phenoxy) is 1. The SMILES string of the molecule is Cc1ccc2c(c1)C1(CCN(C(=O)Cn3cc(Cl)cn3)C1)CO2. The number of amides is 1. The molecule has 0 N–H and O–H groups in total. The largest absolute Gasteiger partial charge is 0.492 e. The van der Waals surface area contributed by atoms with Crippen LogP contribution in [-0.2, 0) is 16.8 Å². The number of aryl methyl sites for hydroxylation is 1. The number of nitrogens with zero attached hydrogens (tertiary/aromatic N) is 3. The zero-order chi connectivity index (χ0) is 16.0. The maximum atomic E-state index is 12.5. The van der Waals surface area contributed by atoms with E-state index in [-0.39, 0.29) is 17.9 Å². The lowest BCUT2D eigenvalue weighted by molar-refractivity contribution is -0.131. The molecule has 2 aromatic rings. The summed E-state index contributed by atoms with van der Waals surface area (Å²) in [6.45, 7) is 4.43. The molecule has 0 aliphatic carbocycles. The third-order valence-corrected chi connectivity index (χ3v) is 5.01. The van der Waals surface area contributed by atoms with Crippen molar-refractivity contribution in [3.05, 3.63) is 46.7 Å². The monoisotopic (exact) mass is 331 g/mol. The van der Waals surface area contributed by atoms with Gasteiger partial charge in [-0.2, -0.15) is 5.10 Å². The van der Waals surface area contributed by atoms with Gasteiger partial charge in [0.05, 0.1) is 23.2 Å². The Morgan fingerprint density at radius 2 is 2.35 bits per heavy atom. The zero-order valence-corrected chi connectivity index (χ0v) is 13.7. The Morgan fingerprint density at radius 1 is 1.48 bits per heavy atom. The van der Waals surface area contributed by atoms with Crippen molar-refractivity contribution in [1.29, 1.82) is 0 Å². The van der Waals surface area contributed by atoms with E-state index in [1.54, 1.807) is 17.1 Å². The highest BCUT2D eigenvalue weighted by atomic mass is 35.5. The molecule has 0 bridgehead atoms. The summed E-state index contributed by atoms with van der Waals surface area (Å²) in [6, 6.07) is 6.30. The molecule has 1 amide bonds. The number of hydrogen-bond donors (Lipinski definition) is 0. The predicted molar refractivity (Wildman–Crippen MR) is 86.8 cm³/mol. The van der Waals surface area contributed by atoms with E-state index in [1.807, 2.05) is 11.0 Å². The van der Waals surface area contributed by atoms with Gasteiger partial charge in [0.15, 0.2) is 0 Å². The molecule has 3 heterocycles. The quantitative estimate of drug-likeness (QED) is 0.849. The van der Waals surface area contributed by atoms with Gasteiger partial charge in [-0.05, 0) is 19.4 Å². The second-order valence-corrected chi connectivity index (χ2v) is 6.93. The summed E-state index contributed by atoms with van der Waals surface area (Å²) in [7, 11) is 0. The lowest BCUT2D eigenvalue weighted by atomic mass is 9.81. The van der Waals surface area contributed by atoms with Crippen molar-refractivity contribution in [2.24, 2.45) is 0 Å². The minimum absolute atomic E-state index is 0.0568. The third kappa shape index (κ3) is 2.49. The Kier molecular flexibility index (Phi) is 3.34. The second-order valence-electron chi connectivity index (χ2n) is 6.49. The normalized spacial score (nSPS) is 22.4. The van der Waals surface area contributed by atoms with Gasteiger partial charge in [-0.3, -0.25) is 9.48 Å². The molecule has 1 spiro atoms. The standard InChI is InChI=1S/C17H18ClN3O2/c1-12-2-3-15-14(6-12)17(11-23-15)4-5-20(10-17)16(22)9-21-8-13(18)7-19-21/h2-3,6-8H,4-5,9-11H2,1H3. The molecule has 1 unspecified atom stereocenters. The van der Waals surface area contributed by atoms with Gasteiger partial charge >= 0.3 is 0 Å². The summed E-state index contributed by atoms with van der Waals surface area (Å²) in [5, 5.41) is 4.62. The summed E-state index contributed by atoms with van der Waals surface area (Å²) in [5.74, 6) is 1.03. The van der Waals surface area contributed by atoms with Gasteiger partial charge in [-0.15, -0.1) is 0 Å². The first-order valence-corrected chi connectivity index (χ1v) is 8.13. The van der Waals surface area contributed by atoms with Gasteiger partial charge in [0, 0.05) is 24.8 Å². The van der Waals surface area contributed by atoms with Crippen LogP contribution in [-0.4, -0.2) is 40.3 Å². The molecule has 120 valence electrons. The molecular formula is C17H18ClN3O2. The Bertz CT molecular complexity index is 773. The molecule has 1 atom stereocenters. The first kappa shape index (κ1) is 14.6. The van der Waals surface area contributed by atoms with Gasteiger partial charge in [0.1, 0.15) is 12.3 Å². The minimum Gasteiger partial charge on any atom is -0.492 e. The van der Waals surface area contributed by atoms with Crippen LogP contribution in [0.25, 0.3) is 0 Å². The number of fused-ring (bicyclic) bond motifs is 2. The molecule has 1 fully saturated rings. The molecule has 1 aromatic carbocycles. The van der Waals surface area contributed by atoms with E-state index in [9.17, 15) is 4.79 Å². The number of aromatic nitrogens is 2. The number of carbonyl (C=O) groups is 1. The summed E-state index contributed by atoms with van der Waals surface area (Å²) < 4.78 is 7.45. The Balaban J connectivity index is 1.52. The summed E-state index contributed by atoms with van der Waals surface area (Å²) in [4.78, 5) is 14.4. The molecule has 6 heteroatoms. The van der Waals surface area contributed by atoms with Crippen molar-refractivity contribution in [1.82, 2.24) is 14.7 Å². The fourth-order valence-corrected chi connectivity index (χ4v) is 3.72. The van der Waals surface area contributed by atoms with E-state index < -0.39 is 0 Å². The second kappa shape index (κ2) is 5.27. The highest BCUT2D eigenvalue weighted by molar-refractivity contribution is 6.30. The van der Waals surface area contributed by atoms with Crippen LogP contribution >= 0.6 is 11.6 Å². The molecule has 2 aliphatic rings. The molecule has 2 aliphatic heterocycles. The number of benzene rings is 1. The Morgan fingerprint density at radius 3 is 3.13 bits per heavy atom. The highest BCUT2D eigenvalue weighted by Gasteiger charge is 2.47. The topological polar surface area (TPSA) is 47.4 Å². The fourth-order valence-electron chi connectivity index (χ4n) is 3.56. The molecule has 4 rings (SSSR count). The van der Waals surface area contributed by atoms with Crippen LogP contribution in [0.5, 0.6) is 5.75 Å². The van der Waals surface area contributed by atoms with Crippen molar-refractivity contribution in [3.8, 4) is 5.75 Å². The van der Waals surface area contributed by atoms with Crippen molar-refractivity contribution in [2.45, 2.75) is 25.3 Å². The van der Waals surface area contributed by atoms with Crippen LogP contribution in [0.1, 0.15) is 17.5 Å². The van der Waals surface area contributed by atoms with Crippen LogP contribution in [0.4, 0.5) is 0 Å². The summed E-state index contributed by atoms with van der Waals surface area (Å²) >= 11 is 5.85. The van der Waals surface area contributed by atoms with Crippen molar-refractivity contribution in [2.75, 3.05) is 19.7 Å². The third-order valence-electron chi connectivity index (χ3n) is 4.82. The van der Waals surface area contributed by atoms with Gasteiger partial charge in [0.2, 0.25) is 5.91 Å². The van der Waals surface area contributed by atoms with Gasteiger partial charge in [-0.25, -0.2) is 0 Å². The number of rotatable bonds is 2. The number of carbonyl (C=O) groups excluding carboxylic acids is 1. The van der Waals surface area contributed by atoms with E-state index in [1.165, 1.54) is 11.1 Å². The van der Waals surface area contributed by atoms with E-state index >= 15 is 0 Å². The fraction of sp³-hybridized carbons (Fsp3) is 0.412. The molecule has 1 aromatic heterocycles. The van der Waals surface area contributed by atoms with E-state index in [0.717, 1.165) is 18.7 Å². The lowest BCUT2D eigenvalue weighted by Crippen LogP contribution is -2.37. The maximum absolute atomic E-state index is 12.5. The smallest absolute Gasteiger partial charge is 0.244 e. The van der Waals surface area contributed by atoms with Crippen LogP contribution in [0.15, 0.2) is 30.6 Å². The van der Waals surface area contributed by atoms with Crippen molar-refractivity contribution >= 4 is 17.5 Å². The number of hydrogen-bond acceptors (Lipinski definition) is 3. The van der Waals surface area contributed by atoms with E-state index in [0.29, 0.717) is 18.2 Å². The first-order valence-electron chi connectivity index (χ1n) is 7.75. The first-order chi connectivity index (χ1) is 11.1. The molecule has 5 nitrogen and oxygen atoms in total. The Hall–Kier alpha value is -2.01. The maximum Gasteiger partial charge on any atom is 0.244 e. The zero-order valence-electron chi connectivity index (χ0n) is 13.0. The summed E-state index contributed by atoms with van der Waals surface area (Å²) in [5.41, 5.74) is 2.42. The predicted octanol–water partition coefficient (Wildman–Crippen LogP) is 2.41. The Labute approximate surface area is 139 Å². The molecular weight excluding hydrogens is 314 g/mol. The van der Waals surface area contributed by atoms with Crippen molar-refractivity contribution in [3.63, 3.8) is 0 Å². The average Bonchev–Trinajstić information content (AvgIpc) is 3.21. The van der Waals surface area contributed by atoms with Crippen LogP contribution in [0.3, 0.4) is 0 Å². The van der Waals surface area contributed by atoms with Gasteiger partial charge in [-0.1, -0.05) is 29.3 Å². The van der Waals surface area contributed by atoms with Crippen molar-refractivity contribution < 1.29 is 9.53 Å². The van der Waals surface area contributed by atoms with Gasteiger partial charge < -0.3 is 9.64 Å². The lowest BCUT2D eigenvalue weighted by Gasteiger charge is -2.23. The van der Waals surface area contributed by atoms with E-state index in [2.05, 4.69) is 24.2 Å². The van der Waals surface area contributed by atoms with Crippen LogP contribution in [0, 0.1) is 6.92 Å². The summed E-state index contributed by atoms with van der Waals surface area (Å²) in [6.07, 6.45) is 4.15. The van der Waals surface area contributed by atoms with Crippen LogP contribution in [0.2, 0.25) is 5.02 Å². The van der Waals surface area contributed by atoms with Crippen LogP contribution < -0.4 is 4.74 Å².